The highest BCUT2D eigenvalue weighted by molar-refractivity contribution is 7.84. The Kier molecular flexibility index (Phi) is 1.86. The maximum absolute atomic E-state index is 10.7. The molecule has 0 spiro atoms. The summed E-state index contributed by atoms with van der Waals surface area (Å²) in [5.41, 5.74) is 3.93. The van der Waals surface area contributed by atoms with Gasteiger partial charge in [0.2, 0.25) is 0 Å². The zero-order valence-corrected chi connectivity index (χ0v) is 6.52. The SMILES string of the molecule is Nc1ccn(S(=O)(=O)O)c(=O)n1. The van der Waals surface area contributed by atoms with Crippen molar-refractivity contribution >= 4 is 16.1 Å². The van der Waals surface area contributed by atoms with E-state index in [9.17, 15) is 13.2 Å². The van der Waals surface area contributed by atoms with Gasteiger partial charge in [0.25, 0.3) is 0 Å². The fourth-order valence-electron chi connectivity index (χ4n) is 0.580. The Hall–Kier alpha value is -1.41. The van der Waals surface area contributed by atoms with Gasteiger partial charge in [-0.15, -0.1) is 0 Å². The predicted molar refractivity (Wildman–Crippen MR) is 39.9 cm³/mol. The number of nitrogens with two attached hydrogens (primary N) is 1. The topological polar surface area (TPSA) is 115 Å². The Morgan fingerprint density at radius 1 is 1.58 bits per heavy atom. The third-order valence-electron chi connectivity index (χ3n) is 1.04. The molecule has 3 N–H and O–H groups in total. The van der Waals surface area contributed by atoms with Gasteiger partial charge in [-0.25, -0.2) is 4.79 Å². The first kappa shape index (κ1) is 8.68. The van der Waals surface area contributed by atoms with Crippen molar-refractivity contribution in [3.05, 3.63) is 22.7 Å². The Balaban J connectivity index is 3.50. The largest absolute Gasteiger partial charge is 0.383 e. The molecule has 0 fully saturated rings. The van der Waals surface area contributed by atoms with Gasteiger partial charge < -0.3 is 5.73 Å². The predicted octanol–water partition coefficient (Wildman–Crippen LogP) is -1.52. The fourth-order valence-corrected chi connectivity index (χ4v) is 1.03. The second kappa shape index (κ2) is 2.57. The Labute approximate surface area is 67.3 Å². The molecular weight excluding hydrogens is 186 g/mol. The van der Waals surface area contributed by atoms with Crippen LogP contribution < -0.4 is 11.4 Å². The molecule has 0 aliphatic rings. The van der Waals surface area contributed by atoms with Crippen molar-refractivity contribution in [2.24, 2.45) is 0 Å². The van der Waals surface area contributed by atoms with Crippen LogP contribution in [-0.2, 0) is 10.3 Å². The molecule has 0 saturated carbocycles. The minimum atomic E-state index is -4.56. The molecular formula is C4H5N3O4S. The number of rotatable bonds is 1. The van der Waals surface area contributed by atoms with Gasteiger partial charge in [0.15, 0.2) is 0 Å². The van der Waals surface area contributed by atoms with Crippen LogP contribution in [0.15, 0.2) is 17.1 Å². The van der Waals surface area contributed by atoms with E-state index in [-0.39, 0.29) is 9.79 Å². The van der Waals surface area contributed by atoms with E-state index in [2.05, 4.69) is 4.98 Å². The summed E-state index contributed by atoms with van der Waals surface area (Å²) in [5, 5.41) is 0. The molecule has 0 atom stereocenters. The van der Waals surface area contributed by atoms with Gasteiger partial charge in [-0.1, -0.05) is 0 Å². The summed E-state index contributed by atoms with van der Waals surface area (Å²) in [6.07, 6.45) is 0.819. The van der Waals surface area contributed by atoms with Gasteiger partial charge in [-0.3, -0.25) is 4.55 Å². The van der Waals surface area contributed by atoms with Crippen LogP contribution in [0.25, 0.3) is 0 Å². The zero-order valence-electron chi connectivity index (χ0n) is 5.71. The van der Waals surface area contributed by atoms with E-state index in [1.54, 1.807) is 0 Å². The van der Waals surface area contributed by atoms with E-state index in [0.717, 1.165) is 12.3 Å². The number of anilines is 1. The first-order valence-corrected chi connectivity index (χ1v) is 4.14. The van der Waals surface area contributed by atoms with E-state index in [4.69, 9.17) is 10.3 Å². The smallest absolute Gasteiger partial charge is 0.367 e. The quantitative estimate of drug-likeness (QED) is 0.520. The molecule has 7 nitrogen and oxygen atoms in total. The molecule has 0 saturated heterocycles. The van der Waals surface area contributed by atoms with Crippen LogP contribution >= 0.6 is 0 Å². The van der Waals surface area contributed by atoms with E-state index in [1.807, 2.05) is 0 Å². The molecule has 1 heterocycles. The van der Waals surface area contributed by atoms with Crippen LogP contribution in [0.4, 0.5) is 5.82 Å². The van der Waals surface area contributed by atoms with Crippen molar-refractivity contribution < 1.29 is 13.0 Å². The van der Waals surface area contributed by atoms with Gasteiger partial charge in [-0.2, -0.15) is 17.4 Å². The average Bonchev–Trinajstić information content (AvgIpc) is 1.83. The molecule has 1 aromatic heterocycles. The number of aromatic nitrogens is 2. The lowest BCUT2D eigenvalue weighted by Crippen LogP contribution is -2.28. The summed E-state index contributed by atoms with van der Waals surface area (Å²) >= 11 is 0. The van der Waals surface area contributed by atoms with Crippen LogP contribution in [0, 0.1) is 0 Å². The first-order chi connectivity index (χ1) is 5.41. The fraction of sp³-hybridized carbons (Fsp3) is 0. The number of nitrogen functional groups attached to an aromatic ring is 1. The third-order valence-corrected chi connectivity index (χ3v) is 1.82. The number of hydrogen-bond donors (Lipinski definition) is 2. The minimum Gasteiger partial charge on any atom is -0.383 e. The van der Waals surface area contributed by atoms with Gasteiger partial charge in [0, 0.05) is 6.20 Å². The normalized spacial score (nSPS) is 11.4. The Morgan fingerprint density at radius 2 is 2.17 bits per heavy atom. The van der Waals surface area contributed by atoms with E-state index >= 15 is 0 Å². The minimum absolute atomic E-state index is 0.0728. The molecule has 0 radical (unpaired) electrons. The van der Waals surface area contributed by atoms with Gasteiger partial charge in [0.1, 0.15) is 5.82 Å². The summed E-state index contributed by atoms with van der Waals surface area (Å²) in [6.45, 7) is 0. The van der Waals surface area contributed by atoms with Gasteiger partial charge in [0.05, 0.1) is 0 Å². The van der Waals surface area contributed by atoms with Crippen molar-refractivity contribution in [3.63, 3.8) is 0 Å². The zero-order chi connectivity index (χ0) is 9.35. The summed E-state index contributed by atoms with van der Waals surface area (Å²) < 4.78 is 29.3. The average molecular weight is 191 g/mol. The van der Waals surface area contributed by atoms with Crippen LogP contribution in [0.3, 0.4) is 0 Å². The van der Waals surface area contributed by atoms with Crippen LogP contribution in [0.5, 0.6) is 0 Å². The van der Waals surface area contributed by atoms with E-state index in [1.165, 1.54) is 0 Å². The lowest BCUT2D eigenvalue weighted by Gasteiger charge is -1.98. The summed E-state index contributed by atoms with van der Waals surface area (Å²) in [7, 11) is -4.56. The van der Waals surface area contributed by atoms with Crippen molar-refractivity contribution in [2.75, 3.05) is 5.73 Å². The van der Waals surface area contributed by atoms with Gasteiger partial charge >= 0.3 is 16.0 Å². The van der Waals surface area contributed by atoms with Crippen molar-refractivity contribution in [1.29, 1.82) is 0 Å². The molecule has 8 heteroatoms. The van der Waals surface area contributed by atoms with E-state index in [0.29, 0.717) is 0 Å². The maximum Gasteiger partial charge on any atom is 0.367 e. The van der Waals surface area contributed by atoms with Crippen LogP contribution in [-0.4, -0.2) is 21.9 Å². The summed E-state index contributed by atoms with van der Waals surface area (Å²) in [4.78, 5) is 13.8. The molecule has 0 aliphatic carbocycles. The molecule has 66 valence electrons. The Morgan fingerprint density at radius 3 is 2.58 bits per heavy atom. The number of nitrogens with zero attached hydrogens (tertiary/aromatic N) is 2. The molecule has 1 aromatic rings. The highest BCUT2D eigenvalue weighted by atomic mass is 32.2. The molecule has 12 heavy (non-hydrogen) atoms. The van der Waals surface area contributed by atoms with Crippen LogP contribution in [0.1, 0.15) is 0 Å². The molecule has 0 aliphatic heterocycles. The van der Waals surface area contributed by atoms with Crippen molar-refractivity contribution in [1.82, 2.24) is 8.96 Å². The van der Waals surface area contributed by atoms with Crippen molar-refractivity contribution in [2.45, 2.75) is 0 Å². The third kappa shape index (κ3) is 1.60. The second-order valence-electron chi connectivity index (χ2n) is 1.91. The highest BCUT2D eigenvalue weighted by Crippen LogP contribution is 1.91. The monoisotopic (exact) mass is 191 g/mol. The van der Waals surface area contributed by atoms with E-state index < -0.39 is 16.0 Å². The first-order valence-electron chi connectivity index (χ1n) is 2.74. The summed E-state index contributed by atoms with van der Waals surface area (Å²) in [5.74, 6) is -0.111. The second-order valence-corrected chi connectivity index (χ2v) is 3.20. The molecule has 0 amide bonds. The highest BCUT2D eigenvalue weighted by Gasteiger charge is 2.09. The molecule has 0 unspecified atom stereocenters. The van der Waals surface area contributed by atoms with Crippen LogP contribution in [0.2, 0.25) is 0 Å². The van der Waals surface area contributed by atoms with Crippen molar-refractivity contribution in [3.8, 4) is 0 Å². The molecule has 1 rings (SSSR count). The Bertz CT molecular complexity index is 448. The number of hydrogen-bond acceptors (Lipinski definition) is 5. The lowest BCUT2D eigenvalue weighted by atomic mass is 10.6. The molecule has 0 aromatic carbocycles. The standard InChI is InChI=1S/C4H5N3O4S/c5-3-1-2-7(4(8)6-3)12(9,10)11/h1-2H,(H2,5,6,8)(H,9,10,11). The maximum atomic E-state index is 10.7. The lowest BCUT2D eigenvalue weighted by molar-refractivity contribution is 0.469. The summed E-state index contributed by atoms with van der Waals surface area (Å²) in [6, 6.07) is 1.08. The van der Waals surface area contributed by atoms with Gasteiger partial charge in [-0.05, 0) is 6.07 Å². The molecule has 0 bridgehead atoms.